The second-order valence-corrected chi connectivity index (χ2v) is 8.85. The maximum Gasteiger partial charge on any atom is 0.233 e. The molecule has 0 N–H and O–H groups in total. The maximum absolute atomic E-state index is 13.9. The molecule has 140 valence electrons. The predicted octanol–water partition coefficient (Wildman–Crippen LogP) is 5.60. The van der Waals surface area contributed by atoms with Crippen molar-refractivity contribution >= 4 is 5.91 Å². The van der Waals surface area contributed by atoms with E-state index in [1.165, 1.54) is 11.1 Å². The molecule has 0 spiro atoms. The second-order valence-electron chi connectivity index (χ2n) is 8.85. The molecule has 0 heterocycles. The lowest BCUT2D eigenvalue weighted by Gasteiger charge is -2.40. The van der Waals surface area contributed by atoms with Gasteiger partial charge in [-0.1, -0.05) is 86.7 Å². The van der Waals surface area contributed by atoms with Gasteiger partial charge in [-0.3, -0.25) is 4.79 Å². The number of amides is 1. The molecule has 27 heavy (non-hydrogen) atoms. The highest BCUT2D eigenvalue weighted by molar-refractivity contribution is 5.87. The molecule has 2 bridgehead atoms. The summed E-state index contributed by atoms with van der Waals surface area (Å²) < 4.78 is 0. The Morgan fingerprint density at radius 1 is 1.00 bits per heavy atom. The van der Waals surface area contributed by atoms with Crippen LogP contribution in [0.3, 0.4) is 0 Å². The lowest BCUT2D eigenvalue weighted by molar-refractivity contribution is -0.141. The molecule has 2 nitrogen and oxygen atoms in total. The number of benzene rings is 2. The SMILES string of the molecule is C=C1C(C)(C)[C@@H]2CC[C@@]1(C(=O)N(Cc1ccccc1)Cc1ccccc1)C2. The Balaban J connectivity index is 1.65. The molecule has 2 aliphatic carbocycles. The molecule has 1 amide bonds. The van der Waals surface area contributed by atoms with Crippen LogP contribution in [0.4, 0.5) is 0 Å². The van der Waals surface area contributed by atoms with Crippen LogP contribution in [0.15, 0.2) is 72.8 Å². The fourth-order valence-corrected chi connectivity index (χ4v) is 5.23. The maximum atomic E-state index is 13.9. The predicted molar refractivity (Wildman–Crippen MR) is 110 cm³/mol. The Labute approximate surface area is 162 Å². The van der Waals surface area contributed by atoms with Gasteiger partial charge in [0.1, 0.15) is 0 Å². The van der Waals surface area contributed by atoms with Crippen LogP contribution < -0.4 is 0 Å². The first kappa shape index (κ1) is 18.0. The Hall–Kier alpha value is -2.35. The van der Waals surface area contributed by atoms with Crippen molar-refractivity contribution in [2.24, 2.45) is 16.7 Å². The lowest BCUT2D eigenvalue weighted by Crippen LogP contribution is -2.43. The molecule has 2 aliphatic rings. The van der Waals surface area contributed by atoms with Gasteiger partial charge in [-0.05, 0) is 41.7 Å². The van der Waals surface area contributed by atoms with E-state index in [-0.39, 0.29) is 16.7 Å². The first-order valence-corrected chi connectivity index (χ1v) is 10.0. The molecule has 0 saturated heterocycles. The summed E-state index contributed by atoms with van der Waals surface area (Å²) in [4.78, 5) is 16.0. The Kier molecular flexibility index (Phi) is 4.46. The standard InChI is InChI=1S/C25H29NO/c1-19-24(2,3)22-14-15-25(19,16-22)23(27)26(17-20-10-6-4-7-11-20)18-21-12-8-5-9-13-21/h4-13,22H,1,14-18H2,2-3H3/t22-,25-/m1/s1. The smallest absolute Gasteiger partial charge is 0.233 e. The van der Waals surface area contributed by atoms with Gasteiger partial charge in [0, 0.05) is 13.1 Å². The van der Waals surface area contributed by atoms with E-state index in [4.69, 9.17) is 0 Å². The number of nitrogens with zero attached hydrogens (tertiary/aromatic N) is 1. The quantitative estimate of drug-likeness (QED) is 0.637. The Morgan fingerprint density at radius 2 is 1.52 bits per heavy atom. The van der Waals surface area contributed by atoms with E-state index in [0.29, 0.717) is 19.0 Å². The number of carbonyl (C=O) groups is 1. The average Bonchev–Trinajstić information content (AvgIpc) is 3.21. The van der Waals surface area contributed by atoms with Gasteiger partial charge in [-0.15, -0.1) is 0 Å². The van der Waals surface area contributed by atoms with E-state index in [2.05, 4.69) is 49.6 Å². The average molecular weight is 360 g/mol. The third-order valence-electron chi connectivity index (χ3n) is 7.02. The highest BCUT2D eigenvalue weighted by Gasteiger charge is 2.61. The summed E-state index contributed by atoms with van der Waals surface area (Å²) in [6.07, 6.45) is 3.07. The molecule has 0 aromatic heterocycles. The van der Waals surface area contributed by atoms with Crippen LogP contribution >= 0.6 is 0 Å². The van der Waals surface area contributed by atoms with Crippen LogP contribution in [-0.2, 0) is 17.9 Å². The molecular formula is C25H29NO. The van der Waals surface area contributed by atoms with Crippen LogP contribution in [0.1, 0.15) is 44.2 Å². The largest absolute Gasteiger partial charge is 0.333 e. The van der Waals surface area contributed by atoms with Gasteiger partial charge < -0.3 is 4.90 Å². The molecular weight excluding hydrogens is 330 g/mol. The van der Waals surface area contributed by atoms with Crippen molar-refractivity contribution in [3.63, 3.8) is 0 Å². The van der Waals surface area contributed by atoms with E-state index in [9.17, 15) is 4.79 Å². The summed E-state index contributed by atoms with van der Waals surface area (Å²) in [5, 5.41) is 0. The third kappa shape index (κ3) is 3.01. The monoisotopic (exact) mass is 359 g/mol. The molecule has 2 heteroatoms. The van der Waals surface area contributed by atoms with Crippen LogP contribution in [0.5, 0.6) is 0 Å². The molecule has 2 fully saturated rings. The summed E-state index contributed by atoms with van der Waals surface area (Å²) in [6.45, 7) is 10.3. The van der Waals surface area contributed by atoms with Crippen LogP contribution in [0, 0.1) is 16.7 Å². The Bertz CT molecular complexity index is 798. The fourth-order valence-electron chi connectivity index (χ4n) is 5.23. The normalized spacial score (nSPS) is 25.6. The Morgan fingerprint density at radius 3 is 1.96 bits per heavy atom. The topological polar surface area (TPSA) is 20.3 Å². The molecule has 0 aliphatic heterocycles. The zero-order chi connectivity index (χ0) is 19.1. The second kappa shape index (κ2) is 6.67. The summed E-state index contributed by atoms with van der Waals surface area (Å²) >= 11 is 0. The van der Waals surface area contributed by atoms with Gasteiger partial charge in [-0.25, -0.2) is 0 Å². The van der Waals surface area contributed by atoms with Crippen LogP contribution in [0.2, 0.25) is 0 Å². The van der Waals surface area contributed by atoms with E-state index >= 15 is 0 Å². The minimum atomic E-state index is -0.363. The van der Waals surface area contributed by atoms with Crippen molar-refractivity contribution in [3.05, 3.63) is 83.9 Å². The molecule has 2 aromatic carbocycles. The number of hydrogen-bond acceptors (Lipinski definition) is 1. The van der Waals surface area contributed by atoms with Gasteiger partial charge >= 0.3 is 0 Å². The van der Waals surface area contributed by atoms with Crippen LogP contribution in [0.25, 0.3) is 0 Å². The molecule has 2 aromatic rings. The minimum absolute atomic E-state index is 0.0685. The summed E-state index contributed by atoms with van der Waals surface area (Å²) in [7, 11) is 0. The first-order valence-electron chi connectivity index (χ1n) is 10.0. The van der Waals surface area contributed by atoms with Gasteiger partial charge in [0.25, 0.3) is 0 Å². The van der Waals surface area contributed by atoms with Crippen molar-refractivity contribution < 1.29 is 4.79 Å². The number of fused-ring (bicyclic) bond motifs is 2. The molecule has 2 saturated carbocycles. The van der Waals surface area contributed by atoms with E-state index in [0.717, 1.165) is 24.8 Å². The third-order valence-corrected chi connectivity index (χ3v) is 7.02. The van der Waals surface area contributed by atoms with Crippen molar-refractivity contribution in [2.45, 2.75) is 46.2 Å². The van der Waals surface area contributed by atoms with E-state index < -0.39 is 0 Å². The van der Waals surface area contributed by atoms with Crippen molar-refractivity contribution in [2.75, 3.05) is 0 Å². The molecule has 0 radical (unpaired) electrons. The van der Waals surface area contributed by atoms with Gasteiger partial charge in [0.15, 0.2) is 0 Å². The molecule has 4 rings (SSSR count). The summed E-state index contributed by atoms with van der Waals surface area (Å²) in [5.41, 5.74) is 3.21. The summed E-state index contributed by atoms with van der Waals surface area (Å²) in [5.74, 6) is 0.859. The van der Waals surface area contributed by atoms with Crippen molar-refractivity contribution in [1.82, 2.24) is 4.90 Å². The summed E-state index contributed by atoms with van der Waals surface area (Å²) in [6, 6.07) is 20.6. The molecule has 0 unspecified atom stereocenters. The minimum Gasteiger partial charge on any atom is -0.333 e. The van der Waals surface area contributed by atoms with E-state index in [1.807, 2.05) is 36.4 Å². The van der Waals surface area contributed by atoms with Gasteiger partial charge in [0.2, 0.25) is 5.91 Å². The van der Waals surface area contributed by atoms with Crippen LogP contribution in [-0.4, -0.2) is 10.8 Å². The highest BCUT2D eigenvalue weighted by atomic mass is 16.2. The van der Waals surface area contributed by atoms with Gasteiger partial charge in [0.05, 0.1) is 5.41 Å². The van der Waals surface area contributed by atoms with Gasteiger partial charge in [-0.2, -0.15) is 0 Å². The lowest BCUT2D eigenvalue weighted by atomic mass is 9.68. The first-order chi connectivity index (χ1) is 12.9. The van der Waals surface area contributed by atoms with E-state index in [1.54, 1.807) is 0 Å². The number of carbonyl (C=O) groups excluding carboxylic acids is 1. The fraction of sp³-hybridized carbons (Fsp3) is 0.400. The zero-order valence-corrected chi connectivity index (χ0v) is 16.4. The number of hydrogen-bond donors (Lipinski definition) is 0. The number of rotatable bonds is 5. The molecule has 2 atom stereocenters. The highest BCUT2D eigenvalue weighted by Crippen LogP contribution is 2.66. The zero-order valence-electron chi connectivity index (χ0n) is 16.4. The van der Waals surface area contributed by atoms with Crippen molar-refractivity contribution in [3.8, 4) is 0 Å². The van der Waals surface area contributed by atoms with Crippen molar-refractivity contribution in [1.29, 1.82) is 0 Å².